The highest BCUT2D eigenvalue weighted by molar-refractivity contribution is 5.72. The van der Waals surface area contributed by atoms with Gasteiger partial charge in [0.15, 0.2) is 12.0 Å². The third kappa shape index (κ3) is 4.36. The first-order valence-corrected chi connectivity index (χ1v) is 9.60. The van der Waals surface area contributed by atoms with Gasteiger partial charge >= 0.3 is 0 Å². The van der Waals surface area contributed by atoms with Crippen LogP contribution in [0.3, 0.4) is 0 Å². The van der Waals surface area contributed by atoms with Crippen LogP contribution >= 0.6 is 0 Å². The molecule has 5 nitrogen and oxygen atoms in total. The summed E-state index contributed by atoms with van der Waals surface area (Å²) in [6, 6.07) is 24.5. The van der Waals surface area contributed by atoms with E-state index >= 15 is 0 Å². The molecule has 2 aromatic carbocycles. The molecule has 0 saturated carbocycles. The molecule has 2 aromatic heterocycles. The maximum Gasteiger partial charge on any atom is 0.224 e. The van der Waals surface area contributed by atoms with Crippen LogP contribution in [-0.2, 0) is 6.54 Å². The molecule has 148 valence electrons. The van der Waals surface area contributed by atoms with E-state index in [-0.39, 0.29) is 11.2 Å². The minimum Gasteiger partial charge on any atom is -0.475 e. The van der Waals surface area contributed by atoms with Crippen molar-refractivity contribution in [3.63, 3.8) is 0 Å². The second kappa shape index (κ2) is 9.01. The molecule has 4 aromatic rings. The van der Waals surface area contributed by atoms with Crippen LogP contribution in [0.1, 0.15) is 33.3 Å². The van der Waals surface area contributed by atoms with Crippen molar-refractivity contribution in [3.05, 3.63) is 130 Å². The fourth-order valence-electron chi connectivity index (χ4n) is 3.29. The summed E-state index contributed by atoms with van der Waals surface area (Å²) in [5.41, 5.74) is 2.79. The van der Waals surface area contributed by atoms with Crippen molar-refractivity contribution in [2.24, 2.45) is 0 Å². The summed E-state index contributed by atoms with van der Waals surface area (Å²) >= 11 is 0. The monoisotopic (exact) mass is 396 g/mol. The highest BCUT2D eigenvalue weighted by atomic mass is 16.5. The topological polar surface area (TPSA) is 61.2 Å². The molecule has 0 amide bonds. The first-order chi connectivity index (χ1) is 14.7. The van der Waals surface area contributed by atoms with Crippen LogP contribution in [0.5, 0.6) is 5.75 Å². The quantitative estimate of drug-likeness (QED) is 0.438. The van der Waals surface area contributed by atoms with E-state index in [1.54, 1.807) is 23.2 Å². The van der Waals surface area contributed by atoms with Gasteiger partial charge in [-0.15, -0.1) is 0 Å². The molecule has 0 spiro atoms. The van der Waals surface area contributed by atoms with E-state index in [1.807, 2.05) is 72.8 Å². The van der Waals surface area contributed by atoms with Crippen LogP contribution in [0, 0.1) is 0 Å². The van der Waals surface area contributed by atoms with Crippen molar-refractivity contribution in [2.45, 2.75) is 12.6 Å². The summed E-state index contributed by atoms with van der Waals surface area (Å²) in [7, 11) is 0. The fourth-order valence-corrected chi connectivity index (χ4v) is 3.29. The summed E-state index contributed by atoms with van der Waals surface area (Å²) in [5, 5.41) is 0. The van der Waals surface area contributed by atoms with Gasteiger partial charge in [0.1, 0.15) is 6.10 Å². The van der Waals surface area contributed by atoms with E-state index in [0.29, 0.717) is 18.5 Å². The van der Waals surface area contributed by atoms with E-state index in [0.717, 1.165) is 16.7 Å². The van der Waals surface area contributed by atoms with Crippen molar-refractivity contribution in [3.8, 4) is 5.75 Å². The van der Waals surface area contributed by atoms with Crippen molar-refractivity contribution < 1.29 is 9.53 Å². The predicted molar refractivity (Wildman–Crippen MR) is 115 cm³/mol. The Morgan fingerprint density at radius 1 is 0.900 bits per heavy atom. The molecule has 0 aliphatic heterocycles. The van der Waals surface area contributed by atoms with Crippen LogP contribution in [0.2, 0.25) is 0 Å². The van der Waals surface area contributed by atoms with E-state index in [4.69, 9.17) is 4.74 Å². The molecule has 30 heavy (non-hydrogen) atoms. The van der Waals surface area contributed by atoms with Crippen LogP contribution in [0.4, 0.5) is 0 Å². The Hall–Kier alpha value is -3.99. The summed E-state index contributed by atoms with van der Waals surface area (Å²) in [6.07, 6.45) is 5.22. The minimum atomic E-state index is -0.448. The van der Waals surface area contributed by atoms with Crippen molar-refractivity contribution in [1.82, 2.24) is 9.55 Å². The number of ether oxygens (including phenoxy) is 1. The van der Waals surface area contributed by atoms with Gasteiger partial charge in [0.05, 0.1) is 11.9 Å². The minimum absolute atomic E-state index is 0.187. The third-order valence-corrected chi connectivity index (χ3v) is 4.80. The number of hydrogen-bond donors (Lipinski definition) is 0. The zero-order chi connectivity index (χ0) is 20.8. The number of hydrogen-bond acceptors (Lipinski definition) is 4. The molecule has 0 bridgehead atoms. The van der Waals surface area contributed by atoms with E-state index in [9.17, 15) is 9.59 Å². The molecule has 0 radical (unpaired) electrons. The maximum atomic E-state index is 12.7. The number of aldehydes is 1. The Balaban J connectivity index is 1.74. The van der Waals surface area contributed by atoms with Gasteiger partial charge in [0.2, 0.25) is 5.43 Å². The standard InChI is InChI=1S/C25H20N2O3/c28-18-22-15-23(29)24(17-27(22)16-19-11-13-26-14-12-19)30-25(20-7-3-1-4-8-20)21-9-5-2-6-10-21/h1-15,17-18,25H,16H2. The summed E-state index contributed by atoms with van der Waals surface area (Å²) in [6.45, 7) is 0.425. The molecule has 4 rings (SSSR count). The SMILES string of the molecule is O=Cc1cc(=O)c(OC(c2ccccc2)c2ccccc2)cn1Cc1ccncc1. The van der Waals surface area contributed by atoms with Gasteiger partial charge in [-0.3, -0.25) is 14.6 Å². The molecule has 0 aliphatic rings. The Morgan fingerprint density at radius 3 is 2.07 bits per heavy atom. The number of carbonyl (C=O) groups is 1. The predicted octanol–water partition coefficient (Wildman–Crippen LogP) is 4.27. The Morgan fingerprint density at radius 2 is 1.50 bits per heavy atom. The number of pyridine rings is 2. The average Bonchev–Trinajstić information content (AvgIpc) is 2.81. The number of aromatic nitrogens is 2. The van der Waals surface area contributed by atoms with Crippen molar-refractivity contribution >= 4 is 6.29 Å². The molecule has 0 N–H and O–H groups in total. The molecule has 5 heteroatoms. The highest BCUT2D eigenvalue weighted by Crippen LogP contribution is 2.27. The van der Waals surface area contributed by atoms with Gasteiger partial charge in [0, 0.05) is 25.0 Å². The Kier molecular flexibility index (Phi) is 5.80. The van der Waals surface area contributed by atoms with Gasteiger partial charge in [-0.2, -0.15) is 0 Å². The number of rotatable bonds is 7. The molecule has 0 fully saturated rings. The second-order valence-corrected chi connectivity index (χ2v) is 6.85. The lowest BCUT2D eigenvalue weighted by Crippen LogP contribution is -2.19. The normalized spacial score (nSPS) is 10.7. The Bertz CT molecular complexity index is 1130. The number of benzene rings is 2. The van der Waals surface area contributed by atoms with E-state index in [2.05, 4.69) is 4.98 Å². The van der Waals surface area contributed by atoms with Gasteiger partial charge in [-0.1, -0.05) is 60.7 Å². The lowest BCUT2D eigenvalue weighted by atomic mass is 10.0. The second-order valence-electron chi connectivity index (χ2n) is 6.85. The van der Waals surface area contributed by atoms with Gasteiger partial charge < -0.3 is 9.30 Å². The van der Waals surface area contributed by atoms with Gasteiger partial charge in [-0.25, -0.2) is 0 Å². The first-order valence-electron chi connectivity index (χ1n) is 9.60. The van der Waals surface area contributed by atoms with Crippen LogP contribution in [0.25, 0.3) is 0 Å². The summed E-state index contributed by atoms with van der Waals surface area (Å²) in [5.74, 6) is 0.187. The fraction of sp³-hybridized carbons (Fsp3) is 0.0800. The summed E-state index contributed by atoms with van der Waals surface area (Å²) in [4.78, 5) is 28.2. The van der Waals surface area contributed by atoms with E-state index in [1.165, 1.54) is 6.07 Å². The molecule has 0 unspecified atom stereocenters. The molecular formula is C25H20N2O3. The lowest BCUT2D eigenvalue weighted by molar-refractivity contribution is 0.111. The van der Waals surface area contributed by atoms with Crippen LogP contribution in [-0.4, -0.2) is 15.8 Å². The van der Waals surface area contributed by atoms with Crippen molar-refractivity contribution in [2.75, 3.05) is 0 Å². The highest BCUT2D eigenvalue weighted by Gasteiger charge is 2.18. The van der Waals surface area contributed by atoms with Crippen molar-refractivity contribution in [1.29, 1.82) is 0 Å². The lowest BCUT2D eigenvalue weighted by Gasteiger charge is -2.21. The smallest absolute Gasteiger partial charge is 0.224 e. The average molecular weight is 396 g/mol. The largest absolute Gasteiger partial charge is 0.475 e. The van der Waals surface area contributed by atoms with Gasteiger partial charge in [0.25, 0.3) is 0 Å². The zero-order valence-corrected chi connectivity index (χ0v) is 16.2. The molecular weight excluding hydrogens is 376 g/mol. The van der Waals surface area contributed by atoms with Crippen LogP contribution < -0.4 is 10.2 Å². The molecule has 0 aliphatic carbocycles. The number of nitrogens with zero attached hydrogens (tertiary/aromatic N) is 2. The summed E-state index contributed by atoms with van der Waals surface area (Å²) < 4.78 is 7.95. The third-order valence-electron chi connectivity index (χ3n) is 4.80. The van der Waals surface area contributed by atoms with Gasteiger partial charge in [-0.05, 0) is 28.8 Å². The van der Waals surface area contributed by atoms with E-state index < -0.39 is 6.10 Å². The van der Waals surface area contributed by atoms with Crippen LogP contribution in [0.15, 0.2) is 102 Å². The Labute approximate surface area is 174 Å². The first kappa shape index (κ1) is 19.3. The zero-order valence-electron chi connectivity index (χ0n) is 16.2. The number of carbonyl (C=O) groups excluding carboxylic acids is 1. The maximum absolute atomic E-state index is 12.7. The molecule has 2 heterocycles. The molecule has 0 saturated heterocycles. The molecule has 0 atom stereocenters.